The average Bonchev–Trinajstić information content (AvgIpc) is 3.62. The third kappa shape index (κ3) is 7.42. The molecule has 0 aromatic carbocycles. The van der Waals surface area contributed by atoms with Crippen LogP contribution in [0.4, 0.5) is 5.95 Å². The van der Waals surface area contributed by atoms with Crippen molar-refractivity contribution in [3.8, 4) is 11.3 Å². The Labute approximate surface area is 217 Å². The molecule has 0 unspecified atom stereocenters. The molecule has 0 bridgehead atoms. The maximum absolute atomic E-state index is 6.57. The molecule has 4 rings (SSSR count). The number of halogens is 1. The van der Waals surface area contributed by atoms with Crippen molar-refractivity contribution in [3.63, 3.8) is 0 Å². The Hall–Kier alpha value is -1.66. The maximum Gasteiger partial charge on any atom is 0.223 e. The Morgan fingerprint density at radius 3 is 2.29 bits per heavy atom. The highest BCUT2D eigenvalue weighted by Gasteiger charge is 2.28. The molecule has 0 saturated heterocycles. The highest BCUT2D eigenvalue weighted by molar-refractivity contribution is 6.32. The fourth-order valence-electron chi connectivity index (χ4n) is 5.50. The molecule has 1 N–H and O–H groups in total. The molecule has 2 heterocycles. The number of aryl methyl sites for hydroxylation is 1. The van der Waals surface area contributed by atoms with E-state index in [-0.39, 0.29) is 0 Å². The minimum atomic E-state index is 0.424. The second-order valence-electron chi connectivity index (χ2n) is 10.8. The first-order valence-electron chi connectivity index (χ1n) is 14.1. The zero-order valence-corrected chi connectivity index (χ0v) is 22.9. The van der Waals surface area contributed by atoms with Gasteiger partial charge in [-0.25, -0.2) is 9.97 Å². The summed E-state index contributed by atoms with van der Waals surface area (Å²) in [5.74, 6) is 1.47. The summed E-state index contributed by atoms with van der Waals surface area (Å²) in [5.41, 5.74) is 3.08. The second kappa shape index (κ2) is 13.0. The van der Waals surface area contributed by atoms with E-state index in [1.807, 2.05) is 17.9 Å². The monoisotopic (exact) mass is 500 g/mol. The Morgan fingerprint density at radius 2 is 1.66 bits per heavy atom. The van der Waals surface area contributed by atoms with Crippen molar-refractivity contribution < 1.29 is 0 Å². The number of unbranched alkanes of at least 4 members (excludes halogenated alkanes) is 4. The average molecular weight is 501 g/mol. The molecular weight excluding hydrogens is 456 g/mol. The van der Waals surface area contributed by atoms with Gasteiger partial charge in [-0.3, -0.25) is 4.68 Å². The molecule has 2 saturated carbocycles. The van der Waals surface area contributed by atoms with Crippen LogP contribution >= 0.6 is 11.6 Å². The van der Waals surface area contributed by atoms with E-state index in [0.717, 1.165) is 29.6 Å². The SMILES string of the molecule is CCCCCN(CCCCC)[C@H]1CC[C@H](Nc2ncc(Cl)c(-c3cnn(C)c3CC3CC3)n2)CC1. The van der Waals surface area contributed by atoms with Gasteiger partial charge in [0.2, 0.25) is 5.95 Å². The van der Waals surface area contributed by atoms with Gasteiger partial charge >= 0.3 is 0 Å². The Bertz CT molecular complexity index is 906. The summed E-state index contributed by atoms with van der Waals surface area (Å²) in [6.07, 6.45) is 20.1. The van der Waals surface area contributed by atoms with E-state index >= 15 is 0 Å². The third-order valence-corrected chi connectivity index (χ3v) is 8.16. The quantitative estimate of drug-likeness (QED) is 0.286. The van der Waals surface area contributed by atoms with Crippen LogP contribution in [0.1, 0.15) is 96.6 Å². The molecule has 194 valence electrons. The Kier molecular flexibility index (Phi) is 9.84. The summed E-state index contributed by atoms with van der Waals surface area (Å²) in [6.45, 7) is 7.12. The molecule has 2 fully saturated rings. The normalized spacial score (nSPS) is 20.5. The standard InChI is InChI=1S/C28H45ClN6/c1-4-6-8-16-35(17-9-7-5-2)23-14-12-22(13-15-23)32-28-30-20-25(29)27(33-28)24-19-31-34(3)26(24)18-21-10-11-21/h19-23H,4-18H2,1-3H3,(H,30,32,33)/t22-,23-. The van der Waals surface area contributed by atoms with E-state index in [0.29, 0.717) is 17.0 Å². The molecule has 0 atom stereocenters. The molecule has 6 nitrogen and oxygen atoms in total. The zero-order chi connectivity index (χ0) is 24.6. The first-order chi connectivity index (χ1) is 17.1. The lowest BCUT2D eigenvalue weighted by Crippen LogP contribution is -2.41. The third-order valence-electron chi connectivity index (χ3n) is 7.88. The lowest BCUT2D eigenvalue weighted by atomic mass is 9.89. The first kappa shape index (κ1) is 26.4. The molecular formula is C28H45ClN6. The van der Waals surface area contributed by atoms with Crippen molar-refractivity contribution in [3.05, 3.63) is 23.1 Å². The second-order valence-corrected chi connectivity index (χ2v) is 11.2. The van der Waals surface area contributed by atoms with Crippen LogP contribution < -0.4 is 5.32 Å². The van der Waals surface area contributed by atoms with Gasteiger partial charge in [0.25, 0.3) is 0 Å². The first-order valence-corrected chi connectivity index (χ1v) is 14.5. The summed E-state index contributed by atoms with van der Waals surface area (Å²) >= 11 is 6.57. The zero-order valence-electron chi connectivity index (χ0n) is 22.1. The van der Waals surface area contributed by atoms with Gasteiger partial charge in [-0.05, 0) is 76.8 Å². The van der Waals surface area contributed by atoms with Gasteiger partial charge in [0.15, 0.2) is 0 Å². The van der Waals surface area contributed by atoms with Gasteiger partial charge in [0, 0.05) is 30.4 Å². The number of aromatic nitrogens is 4. The highest BCUT2D eigenvalue weighted by Crippen LogP contribution is 2.37. The van der Waals surface area contributed by atoms with Gasteiger partial charge in [0.1, 0.15) is 0 Å². The summed E-state index contributed by atoms with van der Waals surface area (Å²) in [6, 6.07) is 1.15. The van der Waals surface area contributed by atoms with Gasteiger partial charge in [-0.1, -0.05) is 51.1 Å². The predicted molar refractivity (Wildman–Crippen MR) is 146 cm³/mol. The van der Waals surface area contributed by atoms with Gasteiger partial charge in [-0.2, -0.15) is 5.10 Å². The van der Waals surface area contributed by atoms with E-state index in [1.165, 1.54) is 95.8 Å². The van der Waals surface area contributed by atoms with Crippen molar-refractivity contribution in [2.45, 2.75) is 109 Å². The fraction of sp³-hybridized carbons (Fsp3) is 0.750. The minimum Gasteiger partial charge on any atom is -0.351 e. The van der Waals surface area contributed by atoms with E-state index in [9.17, 15) is 0 Å². The van der Waals surface area contributed by atoms with Crippen molar-refractivity contribution in [2.75, 3.05) is 18.4 Å². The lowest BCUT2D eigenvalue weighted by Gasteiger charge is -2.37. The highest BCUT2D eigenvalue weighted by atomic mass is 35.5. The topological polar surface area (TPSA) is 58.9 Å². The molecule has 35 heavy (non-hydrogen) atoms. The molecule has 0 amide bonds. The summed E-state index contributed by atoms with van der Waals surface area (Å²) in [4.78, 5) is 12.2. The lowest BCUT2D eigenvalue weighted by molar-refractivity contribution is 0.146. The van der Waals surface area contributed by atoms with Crippen LogP contribution in [-0.2, 0) is 13.5 Å². The van der Waals surface area contributed by atoms with Crippen molar-refractivity contribution in [2.24, 2.45) is 13.0 Å². The number of hydrogen-bond donors (Lipinski definition) is 1. The molecule has 7 heteroatoms. The van der Waals surface area contributed by atoms with Crippen molar-refractivity contribution in [1.29, 1.82) is 0 Å². The van der Waals surface area contributed by atoms with Crippen LogP contribution in [0.3, 0.4) is 0 Å². The molecule has 2 aromatic rings. The van der Waals surface area contributed by atoms with Crippen LogP contribution in [0.5, 0.6) is 0 Å². The molecule has 2 aliphatic rings. The van der Waals surface area contributed by atoms with Crippen LogP contribution in [0.25, 0.3) is 11.3 Å². The Balaban J connectivity index is 1.36. The van der Waals surface area contributed by atoms with Crippen LogP contribution in [0.2, 0.25) is 5.02 Å². The molecule has 2 aliphatic carbocycles. The largest absolute Gasteiger partial charge is 0.351 e. The number of nitrogens with one attached hydrogen (secondary N) is 1. The summed E-state index contributed by atoms with van der Waals surface area (Å²) in [5, 5.41) is 8.74. The van der Waals surface area contributed by atoms with Crippen LogP contribution in [0, 0.1) is 5.92 Å². The smallest absolute Gasteiger partial charge is 0.223 e. The van der Waals surface area contributed by atoms with E-state index < -0.39 is 0 Å². The molecule has 0 spiro atoms. The summed E-state index contributed by atoms with van der Waals surface area (Å²) < 4.78 is 1.98. The number of nitrogens with zero attached hydrogens (tertiary/aromatic N) is 5. The number of rotatable bonds is 14. The van der Waals surface area contributed by atoms with Crippen LogP contribution in [-0.4, -0.2) is 49.8 Å². The Morgan fingerprint density at radius 1 is 0.971 bits per heavy atom. The molecule has 0 radical (unpaired) electrons. The molecule has 0 aliphatic heterocycles. The number of hydrogen-bond acceptors (Lipinski definition) is 5. The number of anilines is 1. The van der Waals surface area contributed by atoms with E-state index in [1.54, 1.807) is 6.20 Å². The minimum absolute atomic E-state index is 0.424. The van der Waals surface area contributed by atoms with Gasteiger partial charge in [0.05, 0.1) is 23.1 Å². The fourth-order valence-corrected chi connectivity index (χ4v) is 5.69. The van der Waals surface area contributed by atoms with Gasteiger partial charge in [-0.15, -0.1) is 0 Å². The van der Waals surface area contributed by atoms with Crippen molar-refractivity contribution in [1.82, 2.24) is 24.6 Å². The van der Waals surface area contributed by atoms with Crippen molar-refractivity contribution >= 4 is 17.5 Å². The predicted octanol–water partition coefficient (Wildman–Crippen LogP) is 6.89. The van der Waals surface area contributed by atoms with E-state index in [2.05, 4.69) is 34.1 Å². The van der Waals surface area contributed by atoms with Gasteiger partial charge < -0.3 is 10.2 Å². The molecule has 2 aromatic heterocycles. The summed E-state index contributed by atoms with van der Waals surface area (Å²) in [7, 11) is 2.02. The van der Waals surface area contributed by atoms with Crippen LogP contribution in [0.15, 0.2) is 12.4 Å². The van der Waals surface area contributed by atoms with E-state index in [4.69, 9.17) is 16.6 Å². The maximum atomic E-state index is 6.57.